The SMILES string of the molecule is CNC(COC)c1cccc2c1OCCO2. The van der Waals surface area contributed by atoms with Gasteiger partial charge in [-0.05, 0) is 13.1 Å². The van der Waals surface area contributed by atoms with Crippen molar-refractivity contribution >= 4 is 0 Å². The summed E-state index contributed by atoms with van der Waals surface area (Å²) in [5.41, 5.74) is 1.08. The van der Waals surface area contributed by atoms with E-state index in [1.165, 1.54) is 0 Å². The largest absolute Gasteiger partial charge is 0.486 e. The van der Waals surface area contributed by atoms with Gasteiger partial charge in [0.05, 0.1) is 12.6 Å². The van der Waals surface area contributed by atoms with E-state index in [0.717, 1.165) is 17.1 Å². The molecular weight excluding hydrogens is 206 g/mol. The Morgan fingerprint density at radius 3 is 2.94 bits per heavy atom. The van der Waals surface area contributed by atoms with Crippen LogP contribution in [0.4, 0.5) is 0 Å². The van der Waals surface area contributed by atoms with Gasteiger partial charge in [0.1, 0.15) is 13.2 Å². The van der Waals surface area contributed by atoms with Gasteiger partial charge in [-0.3, -0.25) is 0 Å². The van der Waals surface area contributed by atoms with Gasteiger partial charge < -0.3 is 19.5 Å². The minimum atomic E-state index is 0.127. The molecule has 1 unspecified atom stereocenters. The fourth-order valence-electron chi connectivity index (χ4n) is 1.87. The number of hydrogen-bond acceptors (Lipinski definition) is 4. The quantitative estimate of drug-likeness (QED) is 0.836. The second-order valence-corrected chi connectivity index (χ2v) is 3.67. The first-order chi connectivity index (χ1) is 7.86. The van der Waals surface area contributed by atoms with E-state index < -0.39 is 0 Å². The molecule has 1 heterocycles. The topological polar surface area (TPSA) is 39.7 Å². The number of benzene rings is 1. The number of fused-ring (bicyclic) bond motifs is 1. The number of ether oxygens (including phenoxy) is 3. The van der Waals surface area contributed by atoms with Crippen LogP contribution in [0.3, 0.4) is 0 Å². The van der Waals surface area contributed by atoms with Crippen molar-refractivity contribution in [2.75, 3.05) is 34.0 Å². The molecule has 1 N–H and O–H groups in total. The predicted molar refractivity (Wildman–Crippen MR) is 61.1 cm³/mol. The van der Waals surface area contributed by atoms with Crippen LogP contribution in [0.25, 0.3) is 0 Å². The molecule has 1 atom stereocenters. The van der Waals surface area contributed by atoms with Crippen molar-refractivity contribution in [3.63, 3.8) is 0 Å². The van der Waals surface area contributed by atoms with Crippen LogP contribution < -0.4 is 14.8 Å². The molecule has 0 bridgehead atoms. The Kier molecular flexibility index (Phi) is 3.64. The van der Waals surface area contributed by atoms with E-state index in [1.54, 1.807) is 7.11 Å². The summed E-state index contributed by atoms with van der Waals surface area (Å²) in [4.78, 5) is 0. The van der Waals surface area contributed by atoms with Crippen LogP contribution in [0.15, 0.2) is 18.2 Å². The molecule has 0 aliphatic carbocycles. The Morgan fingerprint density at radius 2 is 2.19 bits per heavy atom. The van der Waals surface area contributed by atoms with E-state index in [-0.39, 0.29) is 6.04 Å². The summed E-state index contributed by atoms with van der Waals surface area (Å²) in [5.74, 6) is 1.66. The van der Waals surface area contributed by atoms with Gasteiger partial charge >= 0.3 is 0 Å². The lowest BCUT2D eigenvalue weighted by atomic mass is 10.1. The Bertz CT molecular complexity index is 354. The average Bonchev–Trinajstić information content (AvgIpc) is 2.35. The summed E-state index contributed by atoms with van der Waals surface area (Å²) < 4.78 is 16.4. The monoisotopic (exact) mass is 223 g/mol. The van der Waals surface area contributed by atoms with Gasteiger partial charge in [0.2, 0.25) is 0 Å². The molecule has 0 saturated carbocycles. The molecule has 88 valence electrons. The average molecular weight is 223 g/mol. The summed E-state index contributed by atoms with van der Waals surface area (Å²) in [5, 5.41) is 3.21. The summed E-state index contributed by atoms with van der Waals surface area (Å²) in [6, 6.07) is 6.07. The zero-order valence-corrected chi connectivity index (χ0v) is 9.66. The number of likely N-dealkylation sites (N-methyl/N-ethyl adjacent to an activating group) is 1. The van der Waals surface area contributed by atoms with E-state index >= 15 is 0 Å². The first-order valence-electron chi connectivity index (χ1n) is 5.41. The Labute approximate surface area is 95.5 Å². The molecule has 1 aliphatic rings. The zero-order valence-electron chi connectivity index (χ0n) is 9.66. The molecule has 1 aromatic carbocycles. The molecule has 4 nitrogen and oxygen atoms in total. The maximum Gasteiger partial charge on any atom is 0.166 e. The maximum absolute atomic E-state index is 5.66. The van der Waals surface area contributed by atoms with E-state index in [2.05, 4.69) is 5.32 Å². The van der Waals surface area contributed by atoms with Crippen LogP contribution in [-0.4, -0.2) is 34.0 Å². The third-order valence-corrected chi connectivity index (χ3v) is 2.65. The molecule has 2 rings (SSSR count). The van der Waals surface area contributed by atoms with Crippen LogP contribution in [0, 0.1) is 0 Å². The number of para-hydroxylation sites is 1. The minimum absolute atomic E-state index is 0.127. The molecule has 0 aromatic heterocycles. The van der Waals surface area contributed by atoms with Crippen LogP contribution in [0.2, 0.25) is 0 Å². The number of hydrogen-bond donors (Lipinski definition) is 1. The number of methoxy groups -OCH3 is 1. The molecule has 0 spiro atoms. The van der Waals surface area contributed by atoms with Crippen LogP contribution in [0.1, 0.15) is 11.6 Å². The standard InChI is InChI=1S/C12H17NO3/c1-13-10(8-14-2)9-4-3-5-11-12(9)16-7-6-15-11/h3-5,10,13H,6-8H2,1-2H3. The van der Waals surface area contributed by atoms with Gasteiger partial charge in [-0.2, -0.15) is 0 Å². The van der Waals surface area contributed by atoms with Crippen LogP contribution >= 0.6 is 0 Å². The van der Waals surface area contributed by atoms with Gasteiger partial charge in [-0.15, -0.1) is 0 Å². The van der Waals surface area contributed by atoms with E-state index in [0.29, 0.717) is 19.8 Å². The lowest BCUT2D eigenvalue weighted by Crippen LogP contribution is -2.24. The van der Waals surface area contributed by atoms with Gasteiger partial charge in [-0.25, -0.2) is 0 Å². The number of nitrogens with one attached hydrogen (secondary N) is 1. The van der Waals surface area contributed by atoms with E-state index in [9.17, 15) is 0 Å². The van der Waals surface area contributed by atoms with Gasteiger partial charge in [0.15, 0.2) is 11.5 Å². The van der Waals surface area contributed by atoms with Gasteiger partial charge in [-0.1, -0.05) is 12.1 Å². The van der Waals surface area contributed by atoms with Crippen molar-refractivity contribution < 1.29 is 14.2 Å². The Morgan fingerprint density at radius 1 is 1.38 bits per heavy atom. The fraction of sp³-hybridized carbons (Fsp3) is 0.500. The van der Waals surface area contributed by atoms with Crippen molar-refractivity contribution in [2.24, 2.45) is 0 Å². The molecule has 1 aliphatic heterocycles. The first kappa shape index (κ1) is 11.2. The molecule has 0 amide bonds. The van der Waals surface area contributed by atoms with Crippen molar-refractivity contribution in [3.8, 4) is 11.5 Å². The summed E-state index contributed by atoms with van der Waals surface area (Å²) in [6.07, 6.45) is 0. The molecule has 16 heavy (non-hydrogen) atoms. The number of rotatable bonds is 4. The molecule has 4 heteroatoms. The minimum Gasteiger partial charge on any atom is -0.486 e. The summed E-state index contributed by atoms with van der Waals surface area (Å²) in [7, 11) is 3.60. The lowest BCUT2D eigenvalue weighted by molar-refractivity contribution is 0.154. The second-order valence-electron chi connectivity index (χ2n) is 3.67. The van der Waals surface area contributed by atoms with Gasteiger partial charge in [0.25, 0.3) is 0 Å². The van der Waals surface area contributed by atoms with E-state index in [4.69, 9.17) is 14.2 Å². The normalized spacial score (nSPS) is 15.9. The Hall–Kier alpha value is -1.26. The highest BCUT2D eigenvalue weighted by molar-refractivity contribution is 5.48. The third-order valence-electron chi connectivity index (χ3n) is 2.65. The maximum atomic E-state index is 5.66. The molecular formula is C12H17NO3. The van der Waals surface area contributed by atoms with Crippen LogP contribution in [0.5, 0.6) is 11.5 Å². The molecule has 0 radical (unpaired) electrons. The second kappa shape index (κ2) is 5.18. The lowest BCUT2D eigenvalue weighted by Gasteiger charge is -2.24. The first-order valence-corrected chi connectivity index (χ1v) is 5.41. The van der Waals surface area contributed by atoms with Crippen molar-refractivity contribution in [1.82, 2.24) is 5.32 Å². The van der Waals surface area contributed by atoms with Crippen molar-refractivity contribution in [1.29, 1.82) is 0 Å². The van der Waals surface area contributed by atoms with Crippen LogP contribution in [-0.2, 0) is 4.74 Å². The highest BCUT2D eigenvalue weighted by atomic mass is 16.6. The highest BCUT2D eigenvalue weighted by Crippen LogP contribution is 2.36. The summed E-state index contributed by atoms with van der Waals surface area (Å²) >= 11 is 0. The third kappa shape index (κ3) is 2.13. The smallest absolute Gasteiger partial charge is 0.166 e. The fourth-order valence-corrected chi connectivity index (χ4v) is 1.87. The highest BCUT2D eigenvalue weighted by Gasteiger charge is 2.20. The molecule has 0 fully saturated rings. The Balaban J connectivity index is 2.31. The van der Waals surface area contributed by atoms with Crippen molar-refractivity contribution in [3.05, 3.63) is 23.8 Å². The molecule has 1 aromatic rings. The predicted octanol–water partition coefficient (Wildman–Crippen LogP) is 1.36. The van der Waals surface area contributed by atoms with Gasteiger partial charge in [0, 0.05) is 12.7 Å². The zero-order chi connectivity index (χ0) is 11.4. The summed E-state index contributed by atoms with van der Waals surface area (Å²) in [6.45, 7) is 1.83. The molecule has 0 saturated heterocycles. The van der Waals surface area contributed by atoms with Crippen molar-refractivity contribution in [2.45, 2.75) is 6.04 Å². The van der Waals surface area contributed by atoms with E-state index in [1.807, 2.05) is 25.2 Å².